The third-order valence-corrected chi connectivity index (χ3v) is 4.39. The monoisotopic (exact) mass is 344 g/mol. The first-order valence-electron chi connectivity index (χ1n) is 6.52. The Balaban J connectivity index is 0.00000133. The topological polar surface area (TPSA) is 32.3 Å². The molecule has 1 aromatic rings. The fraction of sp³-hybridized carbons (Fsp3) is 0.500. The van der Waals surface area contributed by atoms with E-state index in [1.54, 1.807) is 0 Å². The highest BCUT2D eigenvalue weighted by Crippen LogP contribution is 2.34. The standard InChI is InChI=1S/C14H17BrN2O.ClH/c15-12-4-1-3-10(7-12)13-5-2-6-17(13)14(18)11-8-16-9-11;/h1,3-4,7,11,13,16H,2,5-6,8-9H2;1H. The van der Waals surface area contributed by atoms with Crippen molar-refractivity contribution in [1.82, 2.24) is 10.2 Å². The molecule has 2 heterocycles. The molecule has 2 saturated heterocycles. The average molecular weight is 346 g/mol. The highest BCUT2D eigenvalue weighted by molar-refractivity contribution is 9.10. The molecule has 1 aromatic carbocycles. The Morgan fingerprint density at radius 2 is 2.16 bits per heavy atom. The zero-order chi connectivity index (χ0) is 12.5. The molecule has 2 fully saturated rings. The number of halogens is 2. The molecule has 19 heavy (non-hydrogen) atoms. The van der Waals surface area contributed by atoms with Gasteiger partial charge in [0, 0.05) is 24.1 Å². The van der Waals surface area contributed by atoms with E-state index in [-0.39, 0.29) is 24.4 Å². The van der Waals surface area contributed by atoms with Crippen LogP contribution in [0.4, 0.5) is 0 Å². The molecular weight excluding hydrogens is 328 g/mol. The van der Waals surface area contributed by atoms with Gasteiger partial charge in [0.25, 0.3) is 0 Å². The Kier molecular flexibility index (Phi) is 4.87. The predicted octanol–water partition coefficient (Wildman–Crippen LogP) is 2.75. The molecule has 1 amide bonds. The Morgan fingerprint density at radius 1 is 1.37 bits per heavy atom. The van der Waals surface area contributed by atoms with Crippen LogP contribution in [0.5, 0.6) is 0 Å². The van der Waals surface area contributed by atoms with Gasteiger partial charge in [-0.1, -0.05) is 28.1 Å². The van der Waals surface area contributed by atoms with Gasteiger partial charge in [0.05, 0.1) is 12.0 Å². The molecule has 2 aliphatic heterocycles. The average Bonchev–Trinajstić information content (AvgIpc) is 2.75. The summed E-state index contributed by atoms with van der Waals surface area (Å²) in [6, 6.07) is 8.61. The largest absolute Gasteiger partial charge is 0.335 e. The van der Waals surface area contributed by atoms with E-state index < -0.39 is 0 Å². The summed E-state index contributed by atoms with van der Waals surface area (Å²) in [6.07, 6.45) is 2.20. The summed E-state index contributed by atoms with van der Waals surface area (Å²) in [5.41, 5.74) is 1.25. The van der Waals surface area contributed by atoms with Crippen molar-refractivity contribution in [2.24, 2.45) is 5.92 Å². The highest BCUT2D eigenvalue weighted by atomic mass is 79.9. The van der Waals surface area contributed by atoms with Gasteiger partial charge in [-0.2, -0.15) is 0 Å². The van der Waals surface area contributed by atoms with Gasteiger partial charge in [-0.15, -0.1) is 12.4 Å². The van der Waals surface area contributed by atoms with E-state index >= 15 is 0 Å². The van der Waals surface area contributed by atoms with Crippen molar-refractivity contribution < 1.29 is 4.79 Å². The van der Waals surface area contributed by atoms with Crippen molar-refractivity contribution in [2.75, 3.05) is 19.6 Å². The van der Waals surface area contributed by atoms with E-state index in [4.69, 9.17) is 0 Å². The van der Waals surface area contributed by atoms with Crippen LogP contribution in [-0.4, -0.2) is 30.4 Å². The fourth-order valence-electron chi connectivity index (χ4n) is 2.79. The molecule has 3 nitrogen and oxygen atoms in total. The third kappa shape index (κ3) is 2.96. The van der Waals surface area contributed by atoms with E-state index in [0.29, 0.717) is 5.91 Å². The summed E-state index contributed by atoms with van der Waals surface area (Å²) in [7, 11) is 0. The third-order valence-electron chi connectivity index (χ3n) is 3.90. The first kappa shape index (κ1) is 14.8. The van der Waals surface area contributed by atoms with Gasteiger partial charge in [-0.05, 0) is 30.5 Å². The Labute approximate surface area is 128 Å². The molecule has 3 rings (SSSR count). The predicted molar refractivity (Wildman–Crippen MR) is 81.4 cm³/mol. The second kappa shape index (κ2) is 6.25. The minimum absolute atomic E-state index is 0. The minimum Gasteiger partial charge on any atom is -0.335 e. The quantitative estimate of drug-likeness (QED) is 0.894. The SMILES string of the molecule is Cl.O=C(C1CNC1)N1CCCC1c1cccc(Br)c1. The first-order chi connectivity index (χ1) is 8.75. The smallest absolute Gasteiger partial charge is 0.228 e. The van der Waals surface area contributed by atoms with Crippen LogP contribution >= 0.6 is 28.3 Å². The molecule has 0 aliphatic carbocycles. The van der Waals surface area contributed by atoms with Crippen molar-refractivity contribution in [1.29, 1.82) is 0 Å². The molecule has 0 spiro atoms. The number of carbonyl (C=O) groups excluding carboxylic acids is 1. The van der Waals surface area contributed by atoms with Gasteiger partial charge >= 0.3 is 0 Å². The van der Waals surface area contributed by atoms with Gasteiger partial charge in [-0.3, -0.25) is 4.79 Å². The van der Waals surface area contributed by atoms with Crippen LogP contribution in [0.25, 0.3) is 0 Å². The molecule has 104 valence electrons. The van der Waals surface area contributed by atoms with E-state index in [2.05, 4.69) is 38.3 Å². The lowest BCUT2D eigenvalue weighted by Gasteiger charge is -2.33. The summed E-state index contributed by atoms with van der Waals surface area (Å²) < 4.78 is 1.09. The highest BCUT2D eigenvalue weighted by Gasteiger charge is 2.36. The van der Waals surface area contributed by atoms with Gasteiger partial charge in [0.1, 0.15) is 0 Å². The first-order valence-corrected chi connectivity index (χ1v) is 7.31. The lowest BCUT2D eigenvalue weighted by Crippen LogP contribution is -2.51. The Hall–Kier alpha value is -0.580. The minimum atomic E-state index is 0. The van der Waals surface area contributed by atoms with Gasteiger partial charge in [0.15, 0.2) is 0 Å². The number of hydrogen-bond donors (Lipinski definition) is 1. The van der Waals surface area contributed by atoms with Gasteiger partial charge in [0.2, 0.25) is 5.91 Å². The number of carbonyl (C=O) groups is 1. The maximum absolute atomic E-state index is 12.4. The summed E-state index contributed by atoms with van der Waals surface area (Å²) in [5.74, 6) is 0.536. The van der Waals surface area contributed by atoms with Crippen molar-refractivity contribution in [3.8, 4) is 0 Å². The number of likely N-dealkylation sites (tertiary alicyclic amines) is 1. The van der Waals surface area contributed by atoms with Crippen molar-refractivity contribution >= 4 is 34.2 Å². The van der Waals surface area contributed by atoms with Crippen molar-refractivity contribution in [3.05, 3.63) is 34.3 Å². The molecule has 5 heteroatoms. The van der Waals surface area contributed by atoms with Crippen molar-refractivity contribution in [3.63, 3.8) is 0 Å². The number of nitrogens with zero attached hydrogens (tertiary/aromatic N) is 1. The lowest BCUT2D eigenvalue weighted by molar-refractivity contribution is -0.138. The number of benzene rings is 1. The molecule has 0 aromatic heterocycles. The number of rotatable bonds is 2. The van der Waals surface area contributed by atoms with Crippen LogP contribution < -0.4 is 5.32 Å². The van der Waals surface area contributed by atoms with E-state index in [0.717, 1.165) is 36.9 Å². The number of hydrogen-bond acceptors (Lipinski definition) is 2. The van der Waals surface area contributed by atoms with Crippen LogP contribution in [-0.2, 0) is 4.79 Å². The van der Waals surface area contributed by atoms with E-state index in [9.17, 15) is 4.79 Å². The van der Waals surface area contributed by atoms with E-state index in [1.165, 1.54) is 5.56 Å². The normalized spacial score (nSPS) is 22.8. The van der Waals surface area contributed by atoms with Crippen LogP contribution in [0.15, 0.2) is 28.7 Å². The molecule has 1 unspecified atom stereocenters. The summed E-state index contributed by atoms with van der Waals surface area (Å²) in [6.45, 7) is 2.60. The molecule has 2 aliphatic rings. The Bertz CT molecular complexity index is 465. The Morgan fingerprint density at radius 3 is 2.79 bits per heavy atom. The van der Waals surface area contributed by atoms with Crippen molar-refractivity contribution in [2.45, 2.75) is 18.9 Å². The summed E-state index contributed by atoms with van der Waals surface area (Å²) in [4.78, 5) is 14.4. The number of amides is 1. The maximum Gasteiger partial charge on any atom is 0.228 e. The zero-order valence-corrected chi connectivity index (χ0v) is 13.0. The zero-order valence-electron chi connectivity index (χ0n) is 10.6. The fourth-order valence-corrected chi connectivity index (χ4v) is 3.21. The lowest BCUT2D eigenvalue weighted by atomic mass is 9.99. The molecule has 1 atom stereocenters. The van der Waals surface area contributed by atoms with Gasteiger partial charge < -0.3 is 10.2 Å². The molecule has 0 bridgehead atoms. The van der Waals surface area contributed by atoms with Crippen LogP contribution in [0.2, 0.25) is 0 Å². The van der Waals surface area contributed by atoms with Crippen LogP contribution in [0.3, 0.4) is 0 Å². The molecular formula is C14H18BrClN2O. The number of nitrogens with one attached hydrogen (secondary N) is 1. The summed E-state index contributed by atoms with van der Waals surface area (Å²) in [5, 5.41) is 3.17. The molecule has 0 radical (unpaired) electrons. The molecule has 0 saturated carbocycles. The molecule has 1 N–H and O–H groups in total. The maximum atomic E-state index is 12.4. The summed E-state index contributed by atoms with van der Waals surface area (Å²) >= 11 is 3.51. The van der Waals surface area contributed by atoms with Gasteiger partial charge in [-0.25, -0.2) is 0 Å². The van der Waals surface area contributed by atoms with E-state index in [1.807, 2.05) is 12.1 Å². The van der Waals surface area contributed by atoms with Crippen LogP contribution in [0.1, 0.15) is 24.4 Å². The second-order valence-corrected chi connectivity index (χ2v) is 6.02. The van der Waals surface area contributed by atoms with Crippen LogP contribution in [0, 0.1) is 5.92 Å². The second-order valence-electron chi connectivity index (χ2n) is 5.10.